The van der Waals surface area contributed by atoms with Crippen LogP contribution in [0.2, 0.25) is 0 Å². The van der Waals surface area contributed by atoms with Crippen molar-refractivity contribution in [3.05, 3.63) is 0 Å². The van der Waals surface area contributed by atoms with E-state index in [4.69, 9.17) is 11.5 Å². The standard InChI is InChI=1S/C14H32N2/c1-3-5-7-8-9-11-13-14(15,16)12-10-6-4-2/h3-13,15-16H2,1-2H3. The summed E-state index contributed by atoms with van der Waals surface area (Å²) in [4.78, 5) is 0. The van der Waals surface area contributed by atoms with E-state index in [1.807, 2.05) is 0 Å². The summed E-state index contributed by atoms with van der Waals surface area (Å²) in [6.45, 7) is 4.46. The molecule has 0 spiro atoms. The molecule has 2 heteroatoms. The van der Waals surface area contributed by atoms with Crippen molar-refractivity contribution in [2.75, 3.05) is 0 Å². The number of nitrogens with two attached hydrogens (primary N) is 2. The molecule has 0 heterocycles. The number of hydrogen-bond donors (Lipinski definition) is 2. The van der Waals surface area contributed by atoms with Gasteiger partial charge < -0.3 is 11.5 Å². The van der Waals surface area contributed by atoms with Crippen molar-refractivity contribution in [2.24, 2.45) is 11.5 Å². The van der Waals surface area contributed by atoms with Gasteiger partial charge in [-0.05, 0) is 12.8 Å². The van der Waals surface area contributed by atoms with Crippen LogP contribution in [0.5, 0.6) is 0 Å². The molecule has 0 aromatic rings. The summed E-state index contributed by atoms with van der Waals surface area (Å²) in [6, 6.07) is 0. The molecule has 0 aromatic carbocycles. The Morgan fingerprint density at radius 1 is 0.625 bits per heavy atom. The van der Waals surface area contributed by atoms with E-state index in [0.29, 0.717) is 0 Å². The lowest BCUT2D eigenvalue weighted by atomic mass is 9.96. The summed E-state index contributed by atoms with van der Waals surface area (Å²) in [7, 11) is 0. The van der Waals surface area contributed by atoms with E-state index in [9.17, 15) is 0 Å². The Bertz CT molecular complexity index is 144. The van der Waals surface area contributed by atoms with Crippen LogP contribution < -0.4 is 11.5 Å². The molecular formula is C14H32N2. The van der Waals surface area contributed by atoms with Crippen LogP contribution in [0.25, 0.3) is 0 Å². The Balaban J connectivity index is 3.35. The van der Waals surface area contributed by atoms with Gasteiger partial charge in [0.1, 0.15) is 0 Å². The highest BCUT2D eigenvalue weighted by atomic mass is 14.9. The smallest absolute Gasteiger partial charge is 0.0636 e. The maximum absolute atomic E-state index is 6.08. The molecule has 0 unspecified atom stereocenters. The van der Waals surface area contributed by atoms with Crippen molar-refractivity contribution in [2.45, 2.75) is 90.1 Å². The topological polar surface area (TPSA) is 52.0 Å². The van der Waals surface area contributed by atoms with Gasteiger partial charge in [0.15, 0.2) is 0 Å². The minimum atomic E-state index is -0.403. The molecule has 2 nitrogen and oxygen atoms in total. The second-order valence-electron chi connectivity index (χ2n) is 5.21. The van der Waals surface area contributed by atoms with Crippen LogP contribution in [0.3, 0.4) is 0 Å². The lowest BCUT2D eigenvalue weighted by Gasteiger charge is -2.24. The highest BCUT2D eigenvalue weighted by molar-refractivity contribution is 4.76. The van der Waals surface area contributed by atoms with E-state index < -0.39 is 5.66 Å². The molecule has 0 aliphatic carbocycles. The van der Waals surface area contributed by atoms with Gasteiger partial charge in [-0.15, -0.1) is 0 Å². The van der Waals surface area contributed by atoms with Crippen LogP contribution in [-0.2, 0) is 0 Å². The maximum Gasteiger partial charge on any atom is 0.0636 e. The molecular weight excluding hydrogens is 196 g/mol. The summed E-state index contributed by atoms with van der Waals surface area (Å²) in [5.41, 5.74) is 11.7. The van der Waals surface area contributed by atoms with Crippen molar-refractivity contribution in [3.63, 3.8) is 0 Å². The SMILES string of the molecule is CCCCCCCCC(N)(N)CCCCC. The van der Waals surface area contributed by atoms with E-state index in [2.05, 4.69) is 13.8 Å². The Morgan fingerprint density at radius 2 is 1.00 bits per heavy atom. The third kappa shape index (κ3) is 10.4. The molecule has 16 heavy (non-hydrogen) atoms. The monoisotopic (exact) mass is 228 g/mol. The minimum Gasteiger partial charge on any atom is -0.313 e. The Labute approximate surface area is 102 Å². The summed E-state index contributed by atoms with van der Waals surface area (Å²) >= 11 is 0. The lowest BCUT2D eigenvalue weighted by molar-refractivity contribution is 0.347. The fourth-order valence-electron chi connectivity index (χ4n) is 2.06. The molecule has 0 aliphatic rings. The summed E-state index contributed by atoms with van der Waals surface area (Å²) in [5.74, 6) is 0. The first-order chi connectivity index (χ1) is 7.62. The molecule has 0 rings (SSSR count). The second kappa shape index (κ2) is 10.1. The molecule has 0 aliphatic heterocycles. The molecule has 0 saturated heterocycles. The van der Waals surface area contributed by atoms with E-state index in [1.54, 1.807) is 0 Å². The first-order valence-corrected chi connectivity index (χ1v) is 7.20. The van der Waals surface area contributed by atoms with Gasteiger partial charge in [0.05, 0.1) is 5.66 Å². The average Bonchev–Trinajstić information content (AvgIpc) is 2.23. The van der Waals surface area contributed by atoms with Crippen molar-refractivity contribution >= 4 is 0 Å². The van der Waals surface area contributed by atoms with Gasteiger partial charge in [0.2, 0.25) is 0 Å². The van der Waals surface area contributed by atoms with Gasteiger partial charge in [-0.2, -0.15) is 0 Å². The zero-order valence-electron chi connectivity index (χ0n) is 11.4. The molecule has 0 saturated carbocycles. The fourth-order valence-corrected chi connectivity index (χ4v) is 2.06. The zero-order chi connectivity index (χ0) is 12.3. The van der Waals surface area contributed by atoms with Crippen LogP contribution >= 0.6 is 0 Å². The first-order valence-electron chi connectivity index (χ1n) is 7.20. The molecule has 0 amide bonds. The van der Waals surface area contributed by atoms with Gasteiger partial charge in [-0.1, -0.05) is 71.6 Å². The fraction of sp³-hybridized carbons (Fsp3) is 1.00. The first kappa shape index (κ1) is 15.9. The van der Waals surface area contributed by atoms with Crippen molar-refractivity contribution in [1.82, 2.24) is 0 Å². The van der Waals surface area contributed by atoms with Crippen molar-refractivity contribution in [3.8, 4) is 0 Å². The van der Waals surface area contributed by atoms with Crippen molar-refractivity contribution < 1.29 is 0 Å². The quantitative estimate of drug-likeness (QED) is 0.416. The normalized spacial score (nSPS) is 12.0. The molecule has 4 N–H and O–H groups in total. The average molecular weight is 228 g/mol. The van der Waals surface area contributed by atoms with Crippen molar-refractivity contribution in [1.29, 1.82) is 0 Å². The van der Waals surface area contributed by atoms with Crippen LogP contribution in [0, 0.1) is 0 Å². The maximum atomic E-state index is 6.08. The molecule has 0 fully saturated rings. The van der Waals surface area contributed by atoms with Gasteiger partial charge in [-0.3, -0.25) is 0 Å². The molecule has 0 aromatic heterocycles. The number of unbranched alkanes of at least 4 members (excludes halogenated alkanes) is 7. The summed E-state index contributed by atoms with van der Waals surface area (Å²) in [6.07, 6.45) is 13.5. The van der Waals surface area contributed by atoms with Crippen LogP contribution in [0.15, 0.2) is 0 Å². The van der Waals surface area contributed by atoms with Gasteiger partial charge in [-0.25, -0.2) is 0 Å². The molecule has 0 radical (unpaired) electrons. The van der Waals surface area contributed by atoms with Crippen LogP contribution in [-0.4, -0.2) is 5.66 Å². The van der Waals surface area contributed by atoms with Crippen LogP contribution in [0.1, 0.15) is 84.5 Å². The minimum absolute atomic E-state index is 0.403. The van der Waals surface area contributed by atoms with Gasteiger partial charge in [0, 0.05) is 0 Å². The molecule has 0 bridgehead atoms. The highest BCUT2D eigenvalue weighted by Gasteiger charge is 2.17. The predicted octanol–water partition coefficient (Wildman–Crippen LogP) is 3.93. The van der Waals surface area contributed by atoms with Gasteiger partial charge in [0.25, 0.3) is 0 Å². The third-order valence-electron chi connectivity index (χ3n) is 3.24. The van der Waals surface area contributed by atoms with E-state index in [1.165, 1.54) is 57.8 Å². The number of hydrogen-bond acceptors (Lipinski definition) is 2. The van der Waals surface area contributed by atoms with Crippen LogP contribution in [0.4, 0.5) is 0 Å². The Hall–Kier alpha value is -0.0800. The lowest BCUT2D eigenvalue weighted by Crippen LogP contribution is -2.49. The largest absolute Gasteiger partial charge is 0.313 e. The third-order valence-corrected chi connectivity index (χ3v) is 3.24. The molecule has 98 valence electrons. The second-order valence-corrected chi connectivity index (χ2v) is 5.21. The van der Waals surface area contributed by atoms with E-state index in [-0.39, 0.29) is 0 Å². The zero-order valence-corrected chi connectivity index (χ0v) is 11.4. The summed E-state index contributed by atoms with van der Waals surface area (Å²) in [5, 5.41) is 0. The number of rotatable bonds is 11. The van der Waals surface area contributed by atoms with E-state index in [0.717, 1.165) is 12.8 Å². The predicted molar refractivity (Wildman–Crippen MR) is 73.2 cm³/mol. The highest BCUT2D eigenvalue weighted by Crippen LogP contribution is 2.15. The summed E-state index contributed by atoms with van der Waals surface area (Å²) < 4.78 is 0. The Kier molecular flexibility index (Phi) is 10.0. The van der Waals surface area contributed by atoms with E-state index >= 15 is 0 Å². The van der Waals surface area contributed by atoms with Gasteiger partial charge >= 0.3 is 0 Å². The molecule has 0 atom stereocenters. The Morgan fingerprint density at radius 3 is 1.56 bits per heavy atom.